The summed E-state index contributed by atoms with van der Waals surface area (Å²) in [7, 11) is 1.69. The molecule has 0 N–H and O–H groups in total. The molecule has 1 rings (SSSR count). The first-order valence-corrected chi connectivity index (χ1v) is 7.07. The molecular weight excluding hydrogens is 268 g/mol. The summed E-state index contributed by atoms with van der Waals surface area (Å²) < 4.78 is 5.29. The van der Waals surface area contributed by atoms with Crippen molar-refractivity contribution in [3.8, 4) is 0 Å². The zero-order valence-corrected chi connectivity index (χ0v) is 12.9. The molecule has 1 unspecified atom stereocenters. The topological polar surface area (TPSA) is 49.9 Å². The summed E-state index contributed by atoms with van der Waals surface area (Å²) in [5.41, 5.74) is -0.507. The van der Waals surface area contributed by atoms with E-state index in [1.807, 2.05) is 20.8 Å². The van der Waals surface area contributed by atoms with Gasteiger partial charge in [-0.2, -0.15) is 0 Å². The molecule has 0 radical (unpaired) electrons. The number of halogens is 1. The van der Waals surface area contributed by atoms with E-state index in [1.54, 1.807) is 11.9 Å². The third kappa shape index (κ3) is 4.90. The molecular formula is C13H23ClN2O3. The summed E-state index contributed by atoms with van der Waals surface area (Å²) in [4.78, 5) is 26.8. The van der Waals surface area contributed by atoms with Crippen molar-refractivity contribution in [2.45, 2.75) is 45.3 Å². The third-order valence-corrected chi connectivity index (χ3v) is 3.23. The minimum Gasteiger partial charge on any atom is -0.444 e. The molecule has 0 aromatic rings. The van der Waals surface area contributed by atoms with Gasteiger partial charge in [-0.15, -0.1) is 11.6 Å². The Labute approximate surface area is 119 Å². The lowest BCUT2D eigenvalue weighted by Crippen LogP contribution is -2.45. The van der Waals surface area contributed by atoms with Gasteiger partial charge in [0, 0.05) is 26.2 Å². The second-order valence-electron chi connectivity index (χ2n) is 5.88. The van der Waals surface area contributed by atoms with Gasteiger partial charge in [0.15, 0.2) is 0 Å². The van der Waals surface area contributed by atoms with E-state index < -0.39 is 5.60 Å². The van der Waals surface area contributed by atoms with Crippen LogP contribution in [0.3, 0.4) is 0 Å². The van der Waals surface area contributed by atoms with Crippen molar-refractivity contribution in [3.05, 3.63) is 0 Å². The van der Waals surface area contributed by atoms with Crippen LogP contribution < -0.4 is 0 Å². The molecule has 1 aliphatic rings. The Morgan fingerprint density at radius 3 is 2.58 bits per heavy atom. The van der Waals surface area contributed by atoms with Crippen molar-refractivity contribution in [3.63, 3.8) is 0 Å². The van der Waals surface area contributed by atoms with Gasteiger partial charge in [0.05, 0.1) is 0 Å². The average Bonchev–Trinajstić information content (AvgIpc) is 2.73. The Morgan fingerprint density at radius 2 is 2.05 bits per heavy atom. The van der Waals surface area contributed by atoms with Crippen LogP contribution in [0.15, 0.2) is 0 Å². The second kappa shape index (κ2) is 6.46. The lowest BCUT2D eigenvalue weighted by molar-refractivity contribution is -0.129. The average molecular weight is 291 g/mol. The van der Waals surface area contributed by atoms with Gasteiger partial charge in [0.2, 0.25) is 5.91 Å². The molecule has 0 aromatic carbocycles. The fourth-order valence-electron chi connectivity index (χ4n) is 2.16. The Morgan fingerprint density at radius 1 is 1.42 bits per heavy atom. The zero-order chi connectivity index (χ0) is 14.6. The molecule has 1 atom stereocenters. The highest BCUT2D eigenvalue weighted by Crippen LogP contribution is 2.19. The first-order valence-electron chi connectivity index (χ1n) is 6.54. The lowest BCUT2D eigenvalue weighted by Gasteiger charge is -2.30. The lowest BCUT2D eigenvalue weighted by atomic mass is 10.2. The summed E-state index contributed by atoms with van der Waals surface area (Å²) >= 11 is 5.59. The minimum atomic E-state index is -0.507. The van der Waals surface area contributed by atoms with Crippen molar-refractivity contribution < 1.29 is 14.3 Å². The fraction of sp³-hybridized carbons (Fsp3) is 0.846. The summed E-state index contributed by atoms with van der Waals surface area (Å²) in [6, 6.07) is 0.0452. The summed E-state index contributed by atoms with van der Waals surface area (Å²) in [5.74, 6) is -0.0751. The number of alkyl halides is 1. The number of carbonyl (C=O) groups excluding carboxylic acids is 2. The fourth-order valence-corrected chi connectivity index (χ4v) is 2.31. The van der Waals surface area contributed by atoms with Crippen molar-refractivity contribution in [2.75, 3.05) is 26.0 Å². The SMILES string of the molecule is CN(CC1CCCN1C(=O)CCl)C(=O)OC(C)(C)C. The summed E-state index contributed by atoms with van der Waals surface area (Å²) in [6.45, 7) is 6.70. The van der Waals surface area contributed by atoms with Gasteiger partial charge in [0.1, 0.15) is 11.5 Å². The van der Waals surface area contributed by atoms with Crippen molar-refractivity contribution in [2.24, 2.45) is 0 Å². The molecule has 5 nitrogen and oxygen atoms in total. The third-order valence-electron chi connectivity index (χ3n) is 3.00. The molecule has 0 spiro atoms. The molecule has 2 amide bonds. The maximum atomic E-state index is 11.9. The van der Waals surface area contributed by atoms with E-state index in [1.165, 1.54) is 4.90 Å². The number of ether oxygens (including phenoxy) is 1. The Bertz CT molecular complexity index is 341. The molecule has 1 aliphatic heterocycles. The second-order valence-corrected chi connectivity index (χ2v) is 6.14. The van der Waals surface area contributed by atoms with E-state index in [2.05, 4.69) is 0 Å². The van der Waals surface area contributed by atoms with Crippen LogP contribution in [0.5, 0.6) is 0 Å². The van der Waals surface area contributed by atoms with Crippen LogP contribution in [-0.2, 0) is 9.53 Å². The highest BCUT2D eigenvalue weighted by Gasteiger charge is 2.31. The number of likely N-dealkylation sites (tertiary alicyclic amines) is 1. The molecule has 0 bridgehead atoms. The maximum Gasteiger partial charge on any atom is 0.410 e. The van der Waals surface area contributed by atoms with Gasteiger partial charge in [0.25, 0.3) is 0 Å². The standard InChI is InChI=1S/C13H23ClN2O3/c1-13(2,3)19-12(18)15(4)9-10-6-5-7-16(10)11(17)8-14/h10H,5-9H2,1-4H3. The molecule has 1 fully saturated rings. The van der Waals surface area contributed by atoms with Crippen LogP contribution in [0.1, 0.15) is 33.6 Å². The Hall–Kier alpha value is -0.970. The maximum absolute atomic E-state index is 11.9. The quantitative estimate of drug-likeness (QED) is 0.748. The molecule has 0 aliphatic carbocycles. The summed E-state index contributed by atoms with van der Waals surface area (Å²) in [5, 5.41) is 0. The van der Waals surface area contributed by atoms with Crippen LogP contribution in [0.25, 0.3) is 0 Å². The predicted octanol–water partition coefficient (Wildman–Crippen LogP) is 2.08. The Kier molecular flexibility index (Phi) is 5.47. The monoisotopic (exact) mass is 290 g/mol. The number of rotatable bonds is 3. The van der Waals surface area contributed by atoms with E-state index in [4.69, 9.17) is 16.3 Å². The largest absolute Gasteiger partial charge is 0.444 e. The van der Waals surface area contributed by atoms with E-state index in [0.29, 0.717) is 6.54 Å². The van der Waals surface area contributed by atoms with Crippen LogP contribution in [0, 0.1) is 0 Å². The van der Waals surface area contributed by atoms with Crippen molar-refractivity contribution >= 4 is 23.6 Å². The molecule has 1 saturated heterocycles. The van der Waals surface area contributed by atoms with E-state index >= 15 is 0 Å². The number of carbonyl (C=O) groups is 2. The van der Waals surface area contributed by atoms with Crippen LogP contribution in [0.4, 0.5) is 4.79 Å². The summed E-state index contributed by atoms with van der Waals surface area (Å²) in [6.07, 6.45) is 1.49. The number of hydrogen-bond donors (Lipinski definition) is 0. The number of nitrogens with zero attached hydrogens (tertiary/aromatic N) is 2. The molecule has 19 heavy (non-hydrogen) atoms. The number of hydrogen-bond acceptors (Lipinski definition) is 3. The number of likely N-dealkylation sites (N-methyl/N-ethyl adjacent to an activating group) is 1. The smallest absolute Gasteiger partial charge is 0.410 e. The van der Waals surface area contributed by atoms with Gasteiger partial charge in [-0.25, -0.2) is 4.79 Å². The van der Waals surface area contributed by atoms with Gasteiger partial charge in [-0.05, 0) is 33.6 Å². The van der Waals surface area contributed by atoms with Crippen molar-refractivity contribution in [1.29, 1.82) is 0 Å². The van der Waals surface area contributed by atoms with Crippen LogP contribution in [-0.4, -0.2) is 59.5 Å². The highest BCUT2D eigenvalue weighted by atomic mass is 35.5. The van der Waals surface area contributed by atoms with Gasteiger partial charge >= 0.3 is 6.09 Å². The van der Waals surface area contributed by atoms with E-state index in [0.717, 1.165) is 19.4 Å². The first-order chi connectivity index (χ1) is 8.74. The number of amides is 2. The van der Waals surface area contributed by atoms with Gasteiger partial charge < -0.3 is 14.5 Å². The molecule has 110 valence electrons. The minimum absolute atomic E-state index is 0.00729. The van der Waals surface area contributed by atoms with Gasteiger partial charge in [-0.1, -0.05) is 0 Å². The van der Waals surface area contributed by atoms with Gasteiger partial charge in [-0.3, -0.25) is 4.79 Å². The first kappa shape index (κ1) is 16.1. The van der Waals surface area contributed by atoms with E-state index in [-0.39, 0.29) is 23.9 Å². The highest BCUT2D eigenvalue weighted by molar-refractivity contribution is 6.27. The molecule has 0 saturated carbocycles. The molecule has 6 heteroatoms. The van der Waals surface area contributed by atoms with Crippen LogP contribution in [0.2, 0.25) is 0 Å². The van der Waals surface area contributed by atoms with Crippen LogP contribution >= 0.6 is 11.6 Å². The molecule has 0 aromatic heterocycles. The predicted molar refractivity (Wildman–Crippen MR) is 74.3 cm³/mol. The zero-order valence-electron chi connectivity index (χ0n) is 12.1. The van der Waals surface area contributed by atoms with E-state index in [9.17, 15) is 9.59 Å². The normalized spacial score (nSPS) is 19.4. The van der Waals surface area contributed by atoms with Crippen molar-refractivity contribution in [1.82, 2.24) is 9.80 Å². The Balaban J connectivity index is 2.54. The molecule has 1 heterocycles.